The highest BCUT2D eigenvalue weighted by Gasteiger charge is 2.27. The summed E-state index contributed by atoms with van der Waals surface area (Å²) in [6, 6.07) is 18.0. The topological polar surface area (TPSA) is 42.4 Å². The third-order valence-electron chi connectivity index (χ3n) is 4.53. The summed E-state index contributed by atoms with van der Waals surface area (Å²) in [5.74, 6) is 0.732. The zero-order valence-corrected chi connectivity index (χ0v) is 15.5. The van der Waals surface area contributed by atoms with Crippen molar-refractivity contribution in [3.05, 3.63) is 66.5 Å². The Labute approximate surface area is 161 Å². The van der Waals surface area contributed by atoms with E-state index >= 15 is 0 Å². The SMILES string of the molecule is O=C(CSc1ccc(F)cc1)N1CCC(Oc2ccc3ccccc3n2)C1. The van der Waals surface area contributed by atoms with Gasteiger partial charge < -0.3 is 9.64 Å². The Hall–Kier alpha value is -2.60. The van der Waals surface area contributed by atoms with Crippen LogP contribution in [0.25, 0.3) is 10.9 Å². The van der Waals surface area contributed by atoms with Crippen molar-refractivity contribution in [3.63, 3.8) is 0 Å². The van der Waals surface area contributed by atoms with E-state index in [2.05, 4.69) is 4.98 Å². The zero-order valence-electron chi connectivity index (χ0n) is 14.7. The lowest BCUT2D eigenvalue weighted by molar-refractivity contribution is -0.127. The van der Waals surface area contributed by atoms with Crippen molar-refractivity contribution in [2.75, 3.05) is 18.8 Å². The maximum Gasteiger partial charge on any atom is 0.233 e. The lowest BCUT2D eigenvalue weighted by Gasteiger charge is -2.17. The van der Waals surface area contributed by atoms with E-state index in [-0.39, 0.29) is 17.8 Å². The van der Waals surface area contributed by atoms with Crippen LogP contribution >= 0.6 is 11.8 Å². The molecule has 1 saturated heterocycles. The van der Waals surface area contributed by atoms with Gasteiger partial charge >= 0.3 is 0 Å². The van der Waals surface area contributed by atoms with E-state index in [4.69, 9.17) is 4.74 Å². The molecule has 138 valence electrons. The van der Waals surface area contributed by atoms with Crippen LogP contribution in [0.1, 0.15) is 6.42 Å². The van der Waals surface area contributed by atoms with Gasteiger partial charge in [-0.3, -0.25) is 4.79 Å². The second-order valence-corrected chi connectivity index (χ2v) is 7.50. The highest BCUT2D eigenvalue weighted by atomic mass is 32.2. The van der Waals surface area contributed by atoms with Crippen LogP contribution in [0.4, 0.5) is 4.39 Å². The third kappa shape index (κ3) is 4.39. The summed E-state index contributed by atoms with van der Waals surface area (Å²) < 4.78 is 18.9. The molecule has 1 aliphatic heterocycles. The average Bonchev–Trinajstić information content (AvgIpc) is 3.16. The molecule has 27 heavy (non-hydrogen) atoms. The molecule has 1 amide bonds. The second-order valence-electron chi connectivity index (χ2n) is 6.45. The number of para-hydroxylation sites is 1. The van der Waals surface area contributed by atoms with Crippen molar-refractivity contribution in [2.45, 2.75) is 17.4 Å². The summed E-state index contributed by atoms with van der Waals surface area (Å²) in [6.45, 7) is 1.25. The number of pyridine rings is 1. The first-order valence-corrected chi connectivity index (χ1v) is 9.84. The molecular formula is C21H19FN2O2S. The molecule has 4 nitrogen and oxygen atoms in total. The summed E-state index contributed by atoms with van der Waals surface area (Å²) >= 11 is 1.42. The van der Waals surface area contributed by atoms with Gasteiger partial charge in [0.15, 0.2) is 0 Å². The smallest absolute Gasteiger partial charge is 0.233 e. The van der Waals surface area contributed by atoms with Crippen molar-refractivity contribution >= 4 is 28.6 Å². The van der Waals surface area contributed by atoms with Crippen molar-refractivity contribution in [1.29, 1.82) is 0 Å². The summed E-state index contributed by atoms with van der Waals surface area (Å²) in [6.07, 6.45) is 0.750. The average molecular weight is 382 g/mol. The molecule has 6 heteroatoms. The van der Waals surface area contributed by atoms with Gasteiger partial charge in [0.1, 0.15) is 11.9 Å². The van der Waals surface area contributed by atoms with Crippen LogP contribution in [0.3, 0.4) is 0 Å². The predicted octanol–water partition coefficient (Wildman–Crippen LogP) is 4.15. The monoisotopic (exact) mass is 382 g/mol. The van der Waals surface area contributed by atoms with Crippen LogP contribution in [-0.4, -0.2) is 40.7 Å². The molecular weight excluding hydrogens is 363 g/mol. The number of carbonyl (C=O) groups excluding carboxylic acids is 1. The van der Waals surface area contributed by atoms with Crippen molar-refractivity contribution < 1.29 is 13.9 Å². The molecule has 0 bridgehead atoms. The van der Waals surface area contributed by atoms with Crippen molar-refractivity contribution in [2.24, 2.45) is 0 Å². The first-order chi connectivity index (χ1) is 13.2. The standard InChI is InChI=1S/C21H19FN2O2S/c22-16-6-8-18(9-7-16)27-14-21(25)24-12-11-17(13-24)26-20-10-5-15-3-1-2-4-19(15)23-20/h1-10,17H,11-14H2. The number of thioether (sulfide) groups is 1. The lowest BCUT2D eigenvalue weighted by Crippen LogP contribution is -2.32. The molecule has 4 rings (SSSR count). The molecule has 1 aliphatic rings. The largest absolute Gasteiger partial charge is 0.472 e. The molecule has 3 aromatic rings. The summed E-state index contributed by atoms with van der Waals surface area (Å²) in [5, 5.41) is 1.07. The van der Waals surface area contributed by atoms with Gasteiger partial charge in [-0.15, -0.1) is 11.8 Å². The molecule has 0 saturated carbocycles. The number of ether oxygens (including phenoxy) is 1. The van der Waals surface area contributed by atoms with Crippen LogP contribution < -0.4 is 4.74 Å². The molecule has 0 spiro atoms. The third-order valence-corrected chi connectivity index (χ3v) is 5.53. The number of amides is 1. The number of carbonyl (C=O) groups is 1. The minimum absolute atomic E-state index is 0.0431. The van der Waals surface area contributed by atoms with Gasteiger partial charge in [-0.2, -0.15) is 0 Å². The Balaban J connectivity index is 1.31. The maximum atomic E-state index is 12.9. The van der Waals surface area contributed by atoms with Gasteiger partial charge in [0.2, 0.25) is 11.8 Å². The number of halogens is 1. The molecule has 0 N–H and O–H groups in total. The molecule has 2 heterocycles. The first-order valence-electron chi connectivity index (χ1n) is 8.86. The minimum Gasteiger partial charge on any atom is -0.472 e. The highest BCUT2D eigenvalue weighted by Crippen LogP contribution is 2.22. The van der Waals surface area contributed by atoms with Gasteiger partial charge in [0.25, 0.3) is 0 Å². The number of likely N-dealkylation sites (tertiary alicyclic amines) is 1. The zero-order chi connectivity index (χ0) is 18.6. The van der Waals surface area contributed by atoms with E-state index in [1.54, 1.807) is 12.1 Å². The number of hydrogen-bond acceptors (Lipinski definition) is 4. The molecule has 0 radical (unpaired) electrons. The van der Waals surface area contributed by atoms with Crippen molar-refractivity contribution in [1.82, 2.24) is 9.88 Å². The molecule has 1 atom stereocenters. The Bertz CT molecular complexity index is 948. The molecule has 1 aromatic heterocycles. The fourth-order valence-corrected chi connectivity index (χ4v) is 3.90. The second kappa shape index (κ2) is 7.96. The number of fused-ring (bicyclic) bond motifs is 1. The maximum absolute atomic E-state index is 12.9. The summed E-state index contributed by atoms with van der Waals surface area (Å²) in [5.41, 5.74) is 0.900. The van der Waals surface area contributed by atoms with Gasteiger partial charge in [0.05, 0.1) is 17.8 Å². The number of aromatic nitrogens is 1. The summed E-state index contributed by atoms with van der Waals surface area (Å²) in [4.78, 5) is 19.7. The van der Waals surface area contributed by atoms with Crippen LogP contribution in [0.5, 0.6) is 5.88 Å². The van der Waals surface area contributed by atoms with E-state index in [9.17, 15) is 9.18 Å². The van der Waals surface area contributed by atoms with E-state index in [0.717, 1.165) is 22.2 Å². The van der Waals surface area contributed by atoms with Crippen molar-refractivity contribution in [3.8, 4) is 5.88 Å². The van der Waals surface area contributed by atoms with E-state index in [1.807, 2.05) is 41.3 Å². The van der Waals surface area contributed by atoms with Gasteiger partial charge in [-0.1, -0.05) is 18.2 Å². The Morgan fingerprint density at radius 3 is 2.81 bits per heavy atom. The van der Waals surface area contributed by atoms with Gasteiger partial charge in [-0.05, 0) is 36.4 Å². The Kier molecular flexibility index (Phi) is 5.25. The fourth-order valence-electron chi connectivity index (χ4n) is 3.10. The minimum atomic E-state index is -0.271. The van der Waals surface area contributed by atoms with Crippen LogP contribution in [0.15, 0.2) is 65.6 Å². The highest BCUT2D eigenvalue weighted by molar-refractivity contribution is 8.00. The fraction of sp³-hybridized carbons (Fsp3) is 0.238. The normalized spacial score (nSPS) is 16.6. The Morgan fingerprint density at radius 2 is 1.96 bits per heavy atom. The first kappa shape index (κ1) is 17.8. The quantitative estimate of drug-likeness (QED) is 0.622. The molecule has 0 aliphatic carbocycles. The number of hydrogen-bond donors (Lipinski definition) is 0. The number of nitrogens with zero attached hydrogens (tertiary/aromatic N) is 2. The molecule has 2 aromatic carbocycles. The van der Waals surface area contributed by atoms with E-state index < -0.39 is 0 Å². The Morgan fingerprint density at radius 1 is 1.15 bits per heavy atom. The van der Waals surface area contributed by atoms with Gasteiger partial charge in [0, 0.05) is 29.3 Å². The molecule has 1 fully saturated rings. The van der Waals surface area contributed by atoms with Gasteiger partial charge in [-0.25, -0.2) is 9.37 Å². The summed E-state index contributed by atoms with van der Waals surface area (Å²) in [7, 11) is 0. The van der Waals surface area contributed by atoms with Crippen LogP contribution in [0, 0.1) is 5.82 Å². The number of rotatable bonds is 5. The van der Waals surface area contributed by atoms with E-state index in [0.29, 0.717) is 24.7 Å². The lowest BCUT2D eigenvalue weighted by atomic mass is 10.2. The van der Waals surface area contributed by atoms with Crippen LogP contribution in [0.2, 0.25) is 0 Å². The van der Waals surface area contributed by atoms with E-state index in [1.165, 1.54) is 23.9 Å². The molecule has 1 unspecified atom stereocenters. The predicted molar refractivity (Wildman–Crippen MR) is 104 cm³/mol. The van der Waals surface area contributed by atoms with Crippen LogP contribution in [-0.2, 0) is 4.79 Å². The number of benzene rings is 2.